The van der Waals surface area contributed by atoms with Crippen molar-refractivity contribution in [1.29, 1.82) is 0 Å². The van der Waals surface area contributed by atoms with Crippen LogP contribution < -0.4 is 10.0 Å². The zero-order valence-electron chi connectivity index (χ0n) is 10.3. The number of hydrogen-bond acceptors (Lipinski definition) is 4. The Hall–Kier alpha value is -1.11. The standard InChI is InChI=1S/C12H18N2O3S/c1-18(16,17)14-6-2-3-9-7-10(12(15)8-13)4-5-11(9)14/h4-5,7,12,15H,2-3,6,8,13H2,1H3. The van der Waals surface area contributed by atoms with E-state index in [-0.39, 0.29) is 6.54 Å². The number of hydrogen-bond donors (Lipinski definition) is 2. The molecule has 1 heterocycles. The van der Waals surface area contributed by atoms with Crippen molar-refractivity contribution < 1.29 is 13.5 Å². The average molecular weight is 270 g/mol. The van der Waals surface area contributed by atoms with Crippen molar-refractivity contribution in [2.75, 3.05) is 23.7 Å². The molecular formula is C12H18N2O3S. The molecule has 6 heteroatoms. The van der Waals surface area contributed by atoms with Crippen LogP contribution in [0.2, 0.25) is 0 Å². The zero-order valence-corrected chi connectivity index (χ0v) is 11.2. The molecule has 2 rings (SSSR count). The van der Waals surface area contributed by atoms with Gasteiger partial charge in [-0.1, -0.05) is 12.1 Å². The van der Waals surface area contributed by atoms with Crippen LogP contribution in [0.5, 0.6) is 0 Å². The van der Waals surface area contributed by atoms with E-state index in [9.17, 15) is 13.5 Å². The van der Waals surface area contributed by atoms with Crippen molar-refractivity contribution in [3.63, 3.8) is 0 Å². The van der Waals surface area contributed by atoms with E-state index >= 15 is 0 Å². The highest BCUT2D eigenvalue weighted by Crippen LogP contribution is 2.31. The van der Waals surface area contributed by atoms with Crippen molar-refractivity contribution in [2.45, 2.75) is 18.9 Å². The van der Waals surface area contributed by atoms with E-state index < -0.39 is 16.1 Å². The highest BCUT2D eigenvalue weighted by atomic mass is 32.2. The van der Waals surface area contributed by atoms with Gasteiger partial charge >= 0.3 is 0 Å². The van der Waals surface area contributed by atoms with E-state index in [0.717, 1.165) is 29.7 Å². The van der Waals surface area contributed by atoms with E-state index in [0.29, 0.717) is 6.54 Å². The van der Waals surface area contributed by atoms with Gasteiger partial charge in [0, 0.05) is 13.1 Å². The van der Waals surface area contributed by atoms with Gasteiger partial charge in [0.15, 0.2) is 0 Å². The first-order chi connectivity index (χ1) is 8.43. The Morgan fingerprint density at radius 2 is 2.22 bits per heavy atom. The first-order valence-electron chi connectivity index (χ1n) is 5.92. The normalized spacial score (nSPS) is 17.4. The molecule has 1 unspecified atom stereocenters. The highest BCUT2D eigenvalue weighted by molar-refractivity contribution is 7.92. The molecule has 0 radical (unpaired) electrons. The highest BCUT2D eigenvalue weighted by Gasteiger charge is 2.24. The van der Waals surface area contributed by atoms with Crippen LogP contribution in [0, 0.1) is 0 Å². The summed E-state index contributed by atoms with van der Waals surface area (Å²) in [5.41, 5.74) is 7.84. The molecule has 0 bridgehead atoms. The Morgan fingerprint density at radius 3 is 2.83 bits per heavy atom. The van der Waals surface area contributed by atoms with Gasteiger partial charge in [0.1, 0.15) is 0 Å². The van der Waals surface area contributed by atoms with Crippen LogP contribution >= 0.6 is 0 Å². The molecule has 1 aliphatic heterocycles. The molecule has 18 heavy (non-hydrogen) atoms. The van der Waals surface area contributed by atoms with E-state index in [4.69, 9.17) is 5.73 Å². The topological polar surface area (TPSA) is 83.6 Å². The smallest absolute Gasteiger partial charge is 0.232 e. The number of benzene rings is 1. The molecule has 3 N–H and O–H groups in total. The van der Waals surface area contributed by atoms with Gasteiger partial charge in [-0.25, -0.2) is 8.42 Å². The van der Waals surface area contributed by atoms with Gasteiger partial charge in [0.25, 0.3) is 0 Å². The van der Waals surface area contributed by atoms with Crippen LogP contribution in [0.25, 0.3) is 0 Å². The number of aliphatic hydroxyl groups is 1. The molecule has 0 aromatic heterocycles. The monoisotopic (exact) mass is 270 g/mol. The molecule has 0 saturated carbocycles. The third kappa shape index (κ3) is 2.50. The summed E-state index contributed by atoms with van der Waals surface area (Å²) in [5, 5.41) is 9.70. The first kappa shape index (κ1) is 13.3. The summed E-state index contributed by atoms with van der Waals surface area (Å²) in [6.45, 7) is 0.680. The number of fused-ring (bicyclic) bond motifs is 1. The molecule has 5 nitrogen and oxygen atoms in total. The number of aryl methyl sites for hydroxylation is 1. The molecule has 0 aliphatic carbocycles. The summed E-state index contributed by atoms with van der Waals surface area (Å²) in [5.74, 6) is 0. The molecule has 1 aromatic carbocycles. The quantitative estimate of drug-likeness (QED) is 0.832. The molecule has 1 aliphatic rings. The summed E-state index contributed by atoms with van der Waals surface area (Å²) in [4.78, 5) is 0. The van der Waals surface area contributed by atoms with Crippen LogP contribution in [0.3, 0.4) is 0 Å². The lowest BCUT2D eigenvalue weighted by molar-refractivity contribution is 0.186. The maximum atomic E-state index is 11.7. The second-order valence-electron chi connectivity index (χ2n) is 4.58. The van der Waals surface area contributed by atoms with Crippen LogP contribution in [0.1, 0.15) is 23.7 Å². The maximum absolute atomic E-state index is 11.7. The number of anilines is 1. The first-order valence-corrected chi connectivity index (χ1v) is 7.77. The predicted molar refractivity (Wildman–Crippen MR) is 71.0 cm³/mol. The fraction of sp³-hybridized carbons (Fsp3) is 0.500. The largest absolute Gasteiger partial charge is 0.387 e. The summed E-state index contributed by atoms with van der Waals surface area (Å²) in [6.07, 6.45) is 2.14. The molecule has 0 fully saturated rings. The average Bonchev–Trinajstić information content (AvgIpc) is 2.35. The van der Waals surface area contributed by atoms with Crippen LogP contribution in [0.15, 0.2) is 18.2 Å². The van der Waals surface area contributed by atoms with Crippen molar-refractivity contribution in [1.82, 2.24) is 0 Å². The Kier molecular flexibility index (Phi) is 3.61. The van der Waals surface area contributed by atoms with Gasteiger partial charge in [0.05, 0.1) is 18.0 Å². The summed E-state index contributed by atoms with van der Waals surface area (Å²) >= 11 is 0. The van der Waals surface area contributed by atoms with Crippen LogP contribution in [0.4, 0.5) is 5.69 Å². The van der Waals surface area contributed by atoms with E-state index in [1.165, 1.54) is 10.6 Å². The Labute approximate surface area is 107 Å². The van der Waals surface area contributed by atoms with Gasteiger partial charge in [-0.2, -0.15) is 0 Å². The lowest BCUT2D eigenvalue weighted by atomic mass is 9.98. The Bertz CT molecular complexity index is 542. The maximum Gasteiger partial charge on any atom is 0.232 e. The van der Waals surface area contributed by atoms with Crippen molar-refractivity contribution in [3.05, 3.63) is 29.3 Å². The van der Waals surface area contributed by atoms with Crippen molar-refractivity contribution in [2.24, 2.45) is 5.73 Å². The lowest BCUT2D eigenvalue weighted by Crippen LogP contribution is -2.34. The van der Waals surface area contributed by atoms with Crippen LogP contribution in [-0.2, 0) is 16.4 Å². The predicted octanol–water partition coefficient (Wildman–Crippen LogP) is 0.391. The molecule has 1 atom stereocenters. The number of rotatable bonds is 3. The number of nitrogens with zero attached hydrogens (tertiary/aromatic N) is 1. The number of aliphatic hydroxyl groups excluding tert-OH is 1. The van der Waals surface area contributed by atoms with E-state index in [2.05, 4.69) is 0 Å². The molecular weight excluding hydrogens is 252 g/mol. The second kappa shape index (κ2) is 4.87. The van der Waals surface area contributed by atoms with Gasteiger partial charge in [-0.3, -0.25) is 4.31 Å². The summed E-state index contributed by atoms with van der Waals surface area (Å²) < 4.78 is 24.8. The number of sulfonamides is 1. The molecule has 0 amide bonds. The van der Waals surface area contributed by atoms with Crippen molar-refractivity contribution in [3.8, 4) is 0 Å². The van der Waals surface area contributed by atoms with Gasteiger partial charge in [0.2, 0.25) is 10.0 Å². The third-order valence-corrected chi connectivity index (χ3v) is 4.37. The molecule has 0 saturated heterocycles. The fourth-order valence-corrected chi connectivity index (χ4v) is 3.27. The van der Waals surface area contributed by atoms with Gasteiger partial charge in [-0.15, -0.1) is 0 Å². The molecule has 0 spiro atoms. The minimum Gasteiger partial charge on any atom is -0.387 e. The fourth-order valence-electron chi connectivity index (χ4n) is 2.27. The van der Waals surface area contributed by atoms with Crippen molar-refractivity contribution >= 4 is 15.7 Å². The Balaban J connectivity index is 2.43. The number of nitrogens with two attached hydrogens (primary N) is 1. The second-order valence-corrected chi connectivity index (χ2v) is 6.49. The van der Waals surface area contributed by atoms with E-state index in [1.54, 1.807) is 12.1 Å². The molecule has 100 valence electrons. The van der Waals surface area contributed by atoms with E-state index in [1.807, 2.05) is 6.07 Å². The van der Waals surface area contributed by atoms with Gasteiger partial charge in [-0.05, 0) is 30.0 Å². The minimum absolute atomic E-state index is 0.161. The summed E-state index contributed by atoms with van der Waals surface area (Å²) in [7, 11) is -3.23. The SMILES string of the molecule is CS(=O)(=O)N1CCCc2cc(C(O)CN)ccc21. The third-order valence-electron chi connectivity index (χ3n) is 3.19. The summed E-state index contributed by atoms with van der Waals surface area (Å²) in [6, 6.07) is 5.34. The minimum atomic E-state index is -3.23. The molecule has 1 aromatic rings. The Morgan fingerprint density at radius 1 is 1.50 bits per heavy atom. The lowest BCUT2D eigenvalue weighted by Gasteiger charge is -2.29. The zero-order chi connectivity index (χ0) is 13.3. The van der Waals surface area contributed by atoms with Gasteiger partial charge < -0.3 is 10.8 Å². The van der Waals surface area contributed by atoms with Crippen LogP contribution in [-0.4, -0.2) is 32.9 Å².